The van der Waals surface area contributed by atoms with E-state index in [9.17, 15) is 4.79 Å². The van der Waals surface area contributed by atoms with Crippen LogP contribution in [0.15, 0.2) is 69.1 Å². The lowest BCUT2D eigenvalue weighted by atomic mass is 10.1. The third kappa shape index (κ3) is 4.80. The van der Waals surface area contributed by atoms with Gasteiger partial charge in [-0.25, -0.2) is 4.99 Å². The van der Waals surface area contributed by atoms with E-state index >= 15 is 0 Å². The van der Waals surface area contributed by atoms with Crippen LogP contribution in [0.4, 0.5) is 5.69 Å². The summed E-state index contributed by atoms with van der Waals surface area (Å²) in [5.74, 6) is 0.226. The zero-order chi connectivity index (χ0) is 17.9. The van der Waals surface area contributed by atoms with Crippen LogP contribution in [0.5, 0.6) is 0 Å². The number of halogens is 1. The molecule has 1 N–H and O–H groups in total. The highest BCUT2D eigenvalue weighted by atomic mass is 79.9. The zero-order valence-corrected chi connectivity index (χ0v) is 16.4. The molecule has 0 fully saturated rings. The summed E-state index contributed by atoms with van der Waals surface area (Å²) in [4.78, 5) is 21.6. The molecule has 0 unspecified atom stereocenters. The Kier molecular flexibility index (Phi) is 5.39. The average Bonchev–Trinajstić information content (AvgIpc) is 2.91. The van der Waals surface area contributed by atoms with E-state index in [1.165, 1.54) is 11.8 Å². The van der Waals surface area contributed by atoms with Crippen LogP contribution >= 0.6 is 27.7 Å². The Bertz CT molecular complexity index is 830. The minimum atomic E-state index is -0.490. The number of aliphatic imine (C=N–C) groups is 2. The van der Waals surface area contributed by atoms with Gasteiger partial charge in [0.2, 0.25) is 5.91 Å². The van der Waals surface area contributed by atoms with Crippen molar-refractivity contribution in [3.8, 4) is 0 Å². The van der Waals surface area contributed by atoms with Gasteiger partial charge in [-0.1, -0.05) is 58.0 Å². The number of nitrogens with zero attached hydrogens (tertiary/aromatic N) is 2. The summed E-state index contributed by atoms with van der Waals surface area (Å²) >= 11 is 4.80. The molecule has 1 heterocycles. The van der Waals surface area contributed by atoms with Gasteiger partial charge in [0.05, 0.1) is 11.5 Å². The van der Waals surface area contributed by atoms with E-state index in [0.717, 1.165) is 26.5 Å². The second kappa shape index (κ2) is 7.54. The van der Waals surface area contributed by atoms with Gasteiger partial charge in [0.15, 0.2) is 0 Å². The molecule has 25 heavy (non-hydrogen) atoms. The van der Waals surface area contributed by atoms with Gasteiger partial charge in [0.1, 0.15) is 10.7 Å². The molecule has 0 aromatic heterocycles. The quantitative estimate of drug-likeness (QED) is 0.782. The molecular formula is C19H18BrN3OS. The first-order valence-electron chi connectivity index (χ1n) is 7.87. The predicted molar refractivity (Wildman–Crippen MR) is 110 cm³/mol. The van der Waals surface area contributed by atoms with Crippen LogP contribution in [0.3, 0.4) is 0 Å². The average molecular weight is 416 g/mol. The van der Waals surface area contributed by atoms with Gasteiger partial charge < -0.3 is 5.32 Å². The van der Waals surface area contributed by atoms with Crippen LogP contribution in [-0.2, 0) is 4.79 Å². The summed E-state index contributed by atoms with van der Waals surface area (Å²) in [5.41, 5.74) is 2.16. The molecule has 1 amide bonds. The van der Waals surface area contributed by atoms with E-state index in [1.807, 2.05) is 68.4 Å². The summed E-state index contributed by atoms with van der Waals surface area (Å²) in [6.07, 6.45) is 0. The fourth-order valence-corrected chi connectivity index (χ4v) is 3.59. The number of hydrogen-bond donors (Lipinski definition) is 1. The summed E-state index contributed by atoms with van der Waals surface area (Å²) < 4.78 is 0.978. The van der Waals surface area contributed by atoms with Gasteiger partial charge in [0, 0.05) is 15.7 Å². The largest absolute Gasteiger partial charge is 0.325 e. The predicted octanol–water partition coefficient (Wildman–Crippen LogP) is 4.76. The Morgan fingerprint density at radius 1 is 1.08 bits per heavy atom. The van der Waals surface area contributed by atoms with Gasteiger partial charge >= 0.3 is 0 Å². The normalized spacial score (nSPS) is 15.5. The van der Waals surface area contributed by atoms with E-state index in [2.05, 4.69) is 26.2 Å². The monoisotopic (exact) mass is 415 g/mol. The van der Waals surface area contributed by atoms with Crippen LogP contribution in [0.2, 0.25) is 0 Å². The van der Waals surface area contributed by atoms with Crippen molar-refractivity contribution in [1.29, 1.82) is 0 Å². The highest BCUT2D eigenvalue weighted by molar-refractivity contribution is 9.10. The highest BCUT2D eigenvalue weighted by Gasteiger charge is 2.28. The fourth-order valence-electron chi connectivity index (χ4n) is 2.40. The van der Waals surface area contributed by atoms with Crippen LogP contribution in [0.25, 0.3) is 0 Å². The summed E-state index contributed by atoms with van der Waals surface area (Å²) in [6, 6.07) is 17.5. The zero-order valence-electron chi connectivity index (χ0n) is 14.0. The minimum absolute atomic E-state index is 0.0628. The third-order valence-corrected chi connectivity index (χ3v) is 4.97. The Hall–Kier alpha value is -1.92. The van der Waals surface area contributed by atoms with Gasteiger partial charge in [-0.05, 0) is 38.1 Å². The number of amides is 1. The van der Waals surface area contributed by atoms with E-state index in [1.54, 1.807) is 0 Å². The van der Waals surface area contributed by atoms with E-state index in [0.29, 0.717) is 0 Å². The molecule has 0 spiro atoms. The SMILES string of the molecule is CC1(C)N=C(SCC(=O)Nc2ccc(Br)cc2)C(c2ccccc2)=N1. The van der Waals surface area contributed by atoms with Crippen molar-refractivity contribution >= 4 is 50.0 Å². The van der Waals surface area contributed by atoms with Gasteiger partial charge in [-0.15, -0.1) is 0 Å². The van der Waals surface area contributed by atoms with Crippen LogP contribution in [-0.4, -0.2) is 28.1 Å². The maximum absolute atomic E-state index is 12.2. The summed E-state index contributed by atoms with van der Waals surface area (Å²) in [6.45, 7) is 3.93. The number of anilines is 1. The van der Waals surface area contributed by atoms with Crippen molar-refractivity contribution in [2.45, 2.75) is 19.5 Å². The molecule has 2 aromatic carbocycles. The van der Waals surface area contributed by atoms with Crippen LogP contribution < -0.4 is 5.32 Å². The number of rotatable bonds is 4. The topological polar surface area (TPSA) is 53.8 Å². The first-order chi connectivity index (χ1) is 11.9. The highest BCUT2D eigenvalue weighted by Crippen LogP contribution is 2.26. The molecule has 0 atom stereocenters. The smallest absolute Gasteiger partial charge is 0.234 e. The Morgan fingerprint density at radius 3 is 2.44 bits per heavy atom. The molecular weight excluding hydrogens is 398 g/mol. The van der Waals surface area contributed by atoms with Crippen molar-refractivity contribution in [3.63, 3.8) is 0 Å². The van der Waals surface area contributed by atoms with E-state index in [-0.39, 0.29) is 11.7 Å². The first-order valence-corrected chi connectivity index (χ1v) is 9.64. The number of carbonyl (C=O) groups is 1. The molecule has 0 saturated heterocycles. The number of carbonyl (C=O) groups excluding carboxylic acids is 1. The van der Waals surface area contributed by atoms with Crippen molar-refractivity contribution in [2.75, 3.05) is 11.1 Å². The molecule has 0 aliphatic carbocycles. The molecule has 6 heteroatoms. The number of benzene rings is 2. The van der Waals surface area contributed by atoms with Crippen molar-refractivity contribution in [1.82, 2.24) is 0 Å². The molecule has 2 aromatic rings. The molecule has 3 rings (SSSR count). The van der Waals surface area contributed by atoms with Gasteiger partial charge in [0.25, 0.3) is 0 Å². The van der Waals surface area contributed by atoms with Crippen LogP contribution in [0.1, 0.15) is 19.4 Å². The summed E-state index contributed by atoms with van der Waals surface area (Å²) in [7, 11) is 0. The van der Waals surface area contributed by atoms with Gasteiger partial charge in [-0.2, -0.15) is 0 Å². The Labute approximate surface area is 160 Å². The Morgan fingerprint density at radius 2 is 1.76 bits per heavy atom. The number of hydrogen-bond acceptors (Lipinski definition) is 4. The molecule has 128 valence electrons. The van der Waals surface area contributed by atoms with E-state index in [4.69, 9.17) is 4.99 Å². The van der Waals surface area contributed by atoms with Crippen LogP contribution in [0, 0.1) is 0 Å². The second-order valence-electron chi connectivity index (χ2n) is 6.08. The number of nitrogens with one attached hydrogen (secondary N) is 1. The lowest BCUT2D eigenvalue weighted by Crippen LogP contribution is -2.17. The molecule has 0 radical (unpaired) electrons. The summed E-state index contributed by atoms with van der Waals surface area (Å²) in [5, 5.41) is 3.70. The maximum atomic E-state index is 12.2. The molecule has 1 aliphatic rings. The van der Waals surface area contributed by atoms with Gasteiger partial charge in [-0.3, -0.25) is 9.79 Å². The van der Waals surface area contributed by atoms with E-state index < -0.39 is 5.66 Å². The first kappa shape index (κ1) is 17.9. The maximum Gasteiger partial charge on any atom is 0.234 e. The Balaban J connectivity index is 1.66. The molecule has 0 bridgehead atoms. The minimum Gasteiger partial charge on any atom is -0.325 e. The third-order valence-electron chi connectivity index (χ3n) is 3.48. The number of thioether (sulfide) groups is 1. The standard InChI is InChI=1S/C19H18BrN3OS/c1-19(2)22-17(13-6-4-3-5-7-13)18(23-19)25-12-16(24)21-15-10-8-14(20)9-11-15/h3-11H,12H2,1-2H3,(H,21,24). The van der Waals surface area contributed by atoms with Crippen molar-refractivity contribution in [3.05, 3.63) is 64.6 Å². The lowest BCUT2D eigenvalue weighted by molar-refractivity contribution is -0.113. The van der Waals surface area contributed by atoms with Crippen molar-refractivity contribution in [2.24, 2.45) is 9.98 Å². The molecule has 0 saturated carbocycles. The second-order valence-corrected chi connectivity index (χ2v) is 7.96. The molecule has 4 nitrogen and oxygen atoms in total. The van der Waals surface area contributed by atoms with Crippen molar-refractivity contribution < 1.29 is 4.79 Å². The fraction of sp³-hybridized carbons (Fsp3) is 0.211. The molecule has 1 aliphatic heterocycles. The lowest BCUT2D eigenvalue weighted by Gasteiger charge is -2.07.